The van der Waals surface area contributed by atoms with Crippen LogP contribution in [0.15, 0.2) is 18.2 Å². The van der Waals surface area contributed by atoms with Crippen LogP contribution in [0.2, 0.25) is 10.0 Å². The van der Waals surface area contributed by atoms with E-state index in [1.807, 2.05) is 6.92 Å². The van der Waals surface area contributed by atoms with Crippen molar-refractivity contribution >= 4 is 35.0 Å². The number of aryl methyl sites for hydroxylation is 1. The number of fused-ring (bicyclic) bond motifs is 1. The van der Waals surface area contributed by atoms with Crippen molar-refractivity contribution in [3.8, 4) is 11.1 Å². The van der Waals surface area contributed by atoms with Gasteiger partial charge >= 0.3 is 0 Å². The molecule has 0 saturated heterocycles. The zero-order valence-electron chi connectivity index (χ0n) is 13.5. The van der Waals surface area contributed by atoms with E-state index >= 15 is 0 Å². The molecule has 1 aromatic carbocycles. The number of pyridine rings is 1. The normalized spacial score (nSPS) is 13.3. The topological polar surface area (TPSA) is 102 Å². The maximum atomic E-state index is 12.9. The third-order valence-electron chi connectivity index (χ3n) is 4.17. The molecule has 1 aromatic heterocycles. The number of rotatable bonds is 4. The van der Waals surface area contributed by atoms with E-state index in [0.29, 0.717) is 32.4 Å². The van der Waals surface area contributed by atoms with Gasteiger partial charge in [0.2, 0.25) is 5.91 Å². The zero-order valence-corrected chi connectivity index (χ0v) is 15.0. The molecule has 2 heterocycles. The summed E-state index contributed by atoms with van der Waals surface area (Å²) in [5.41, 5.74) is 14.9. The second-order valence-electron chi connectivity index (χ2n) is 5.83. The van der Waals surface area contributed by atoms with Crippen LogP contribution in [0.25, 0.3) is 11.1 Å². The molecule has 6 nitrogen and oxygen atoms in total. The van der Waals surface area contributed by atoms with Gasteiger partial charge in [0.05, 0.1) is 17.8 Å². The molecule has 2 amide bonds. The van der Waals surface area contributed by atoms with Crippen LogP contribution in [-0.2, 0) is 17.9 Å². The Balaban J connectivity index is 2.26. The highest BCUT2D eigenvalue weighted by atomic mass is 35.5. The number of carbonyl (C=O) groups is 2. The Labute approximate surface area is 154 Å². The molecule has 0 aliphatic carbocycles. The van der Waals surface area contributed by atoms with Crippen molar-refractivity contribution in [2.24, 2.45) is 11.5 Å². The van der Waals surface area contributed by atoms with Gasteiger partial charge in [-0.2, -0.15) is 0 Å². The highest BCUT2D eigenvalue weighted by Gasteiger charge is 2.34. The van der Waals surface area contributed by atoms with Crippen LogP contribution in [0.5, 0.6) is 0 Å². The molecular formula is C17H16Cl2N4O2. The van der Waals surface area contributed by atoms with E-state index in [1.54, 1.807) is 18.2 Å². The van der Waals surface area contributed by atoms with Crippen LogP contribution in [0.4, 0.5) is 0 Å². The second kappa shape index (κ2) is 6.63. The number of hydrogen-bond acceptors (Lipinski definition) is 4. The number of amides is 2. The standard InChI is InChI=1S/C17H16Cl2N4O2/c1-8-11(5-20)15(10-3-2-9(18)4-12(10)19)16-13(22-8)6-23(17(16)25)7-14(21)24/h2-4H,5-7,20H2,1H3,(H2,21,24). The molecule has 4 N–H and O–H groups in total. The number of primary amides is 1. The van der Waals surface area contributed by atoms with Crippen molar-refractivity contribution in [2.45, 2.75) is 20.0 Å². The van der Waals surface area contributed by atoms with Crippen molar-refractivity contribution in [3.63, 3.8) is 0 Å². The van der Waals surface area contributed by atoms with Gasteiger partial charge in [-0.1, -0.05) is 29.3 Å². The number of benzene rings is 1. The second-order valence-corrected chi connectivity index (χ2v) is 6.67. The molecule has 25 heavy (non-hydrogen) atoms. The van der Waals surface area contributed by atoms with E-state index in [1.165, 1.54) is 4.90 Å². The predicted octanol–water partition coefficient (Wildman–Crippen LogP) is 2.26. The Morgan fingerprint density at radius 1 is 1.32 bits per heavy atom. The SMILES string of the molecule is Cc1nc2c(c(-c3ccc(Cl)cc3Cl)c1CN)C(=O)N(CC(N)=O)C2. The number of carbonyl (C=O) groups excluding carboxylic acids is 2. The van der Waals surface area contributed by atoms with Crippen molar-refractivity contribution in [3.05, 3.63) is 50.8 Å². The summed E-state index contributed by atoms with van der Waals surface area (Å²) in [7, 11) is 0. The Morgan fingerprint density at radius 2 is 2.04 bits per heavy atom. The summed E-state index contributed by atoms with van der Waals surface area (Å²) in [5, 5.41) is 0.906. The number of hydrogen-bond donors (Lipinski definition) is 2. The fourth-order valence-corrected chi connectivity index (χ4v) is 3.62. The van der Waals surface area contributed by atoms with Crippen molar-refractivity contribution < 1.29 is 9.59 Å². The minimum Gasteiger partial charge on any atom is -0.368 e. The maximum absolute atomic E-state index is 12.9. The smallest absolute Gasteiger partial charge is 0.257 e. The van der Waals surface area contributed by atoms with Crippen molar-refractivity contribution in [1.29, 1.82) is 0 Å². The molecule has 1 aliphatic heterocycles. The number of nitrogens with two attached hydrogens (primary N) is 2. The lowest BCUT2D eigenvalue weighted by Gasteiger charge is -2.16. The lowest BCUT2D eigenvalue weighted by molar-refractivity contribution is -0.118. The van der Waals surface area contributed by atoms with E-state index in [9.17, 15) is 9.59 Å². The van der Waals surface area contributed by atoms with Gasteiger partial charge in [0, 0.05) is 33.4 Å². The Hall–Kier alpha value is -2.15. The van der Waals surface area contributed by atoms with Gasteiger partial charge in [-0.25, -0.2) is 0 Å². The Kier molecular flexibility index (Phi) is 4.69. The zero-order chi connectivity index (χ0) is 18.3. The average molecular weight is 379 g/mol. The lowest BCUT2D eigenvalue weighted by Crippen LogP contribution is -2.34. The summed E-state index contributed by atoms with van der Waals surface area (Å²) < 4.78 is 0. The third kappa shape index (κ3) is 3.08. The molecular weight excluding hydrogens is 363 g/mol. The summed E-state index contributed by atoms with van der Waals surface area (Å²) in [6, 6.07) is 5.07. The molecule has 0 bridgehead atoms. The summed E-state index contributed by atoms with van der Waals surface area (Å²) in [6.45, 7) is 2.08. The van der Waals surface area contributed by atoms with E-state index in [-0.39, 0.29) is 25.5 Å². The molecule has 0 unspecified atom stereocenters. The quantitative estimate of drug-likeness (QED) is 0.851. The summed E-state index contributed by atoms with van der Waals surface area (Å²) in [6.07, 6.45) is 0. The molecule has 0 atom stereocenters. The molecule has 1 aliphatic rings. The fourth-order valence-electron chi connectivity index (χ4n) is 3.11. The largest absolute Gasteiger partial charge is 0.368 e. The Morgan fingerprint density at radius 3 is 2.64 bits per heavy atom. The Bertz CT molecular complexity index is 899. The van der Waals surface area contributed by atoms with Crippen LogP contribution < -0.4 is 11.5 Å². The first-order chi connectivity index (χ1) is 11.8. The van der Waals surface area contributed by atoms with E-state index < -0.39 is 5.91 Å². The van der Waals surface area contributed by atoms with Crippen molar-refractivity contribution in [1.82, 2.24) is 9.88 Å². The van der Waals surface area contributed by atoms with E-state index in [0.717, 1.165) is 11.3 Å². The first-order valence-electron chi connectivity index (χ1n) is 7.59. The first-order valence-corrected chi connectivity index (χ1v) is 8.34. The van der Waals surface area contributed by atoms with Crippen LogP contribution in [0, 0.1) is 6.92 Å². The summed E-state index contributed by atoms with van der Waals surface area (Å²) in [4.78, 5) is 30.0. The maximum Gasteiger partial charge on any atom is 0.257 e. The van der Waals surface area contributed by atoms with E-state index in [2.05, 4.69) is 4.98 Å². The average Bonchev–Trinajstić information content (AvgIpc) is 2.81. The number of aromatic nitrogens is 1. The molecule has 0 spiro atoms. The predicted molar refractivity (Wildman–Crippen MR) is 96.3 cm³/mol. The van der Waals surface area contributed by atoms with Gasteiger partial charge in [-0.05, 0) is 24.6 Å². The van der Waals surface area contributed by atoms with Crippen LogP contribution in [-0.4, -0.2) is 28.2 Å². The highest BCUT2D eigenvalue weighted by molar-refractivity contribution is 6.36. The van der Waals surface area contributed by atoms with Gasteiger partial charge in [0.1, 0.15) is 6.54 Å². The van der Waals surface area contributed by atoms with Crippen LogP contribution >= 0.6 is 23.2 Å². The molecule has 130 valence electrons. The molecule has 0 saturated carbocycles. The minimum atomic E-state index is -0.581. The third-order valence-corrected chi connectivity index (χ3v) is 4.72. The van der Waals surface area contributed by atoms with Crippen LogP contribution in [0.3, 0.4) is 0 Å². The monoisotopic (exact) mass is 378 g/mol. The lowest BCUT2D eigenvalue weighted by atomic mass is 9.93. The van der Waals surface area contributed by atoms with E-state index in [4.69, 9.17) is 34.7 Å². The molecule has 0 radical (unpaired) electrons. The van der Waals surface area contributed by atoms with Crippen LogP contribution in [0.1, 0.15) is 27.3 Å². The number of nitrogens with zero attached hydrogens (tertiary/aromatic N) is 2. The van der Waals surface area contributed by atoms with Gasteiger partial charge in [0.15, 0.2) is 0 Å². The summed E-state index contributed by atoms with van der Waals surface area (Å²) in [5.74, 6) is -0.889. The first kappa shape index (κ1) is 17.7. The fraction of sp³-hybridized carbons (Fsp3) is 0.235. The van der Waals surface area contributed by atoms with Crippen molar-refractivity contribution in [2.75, 3.05) is 6.54 Å². The molecule has 3 rings (SSSR count). The molecule has 2 aromatic rings. The highest BCUT2D eigenvalue weighted by Crippen LogP contribution is 2.39. The summed E-state index contributed by atoms with van der Waals surface area (Å²) >= 11 is 12.4. The van der Waals surface area contributed by atoms with Gasteiger partial charge < -0.3 is 16.4 Å². The van der Waals surface area contributed by atoms with Gasteiger partial charge in [-0.15, -0.1) is 0 Å². The van der Waals surface area contributed by atoms with Gasteiger partial charge in [0.25, 0.3) is 5.91 Å². The minimum absolute atomic E-state index is 0.167. The number of halogens is 2. The van der Waals surface area contributed by atoms with Gasteiger partial charge in [-0.3, -0.25) is 14.6 Å². The molecule has 0 fully saturated rings. The molecule has 8 heteroatoms.